The molecule has 0 spiro atoms. The fraction of sp³-hybridized carbons (Fsp3) is 0.462. The average molecular weight is 300 g/mol. The first-order valence-electron chi connectivity index (χ1n) is 5.44. The van der Waals surface area contributed by atoms with E-state index in [4.69, 9.17) is 4.74 Å². The normalized spacial score (nSPS) is 13.2. The van der Waals surface area contributed by atoms with Gasteiger partial charge in [0, 0.05) is 10.5 Å². The molecule has 0 heterocycles. The highest BCUT2D eigenvalue weighted by Gasteiger charge is 2.37. The van der Waals surface area contributed by atoms with E-state index in [0.29, 0.717) is 0 Å². The first-order chi connectivity index (χ1) is 7.93. The van der Waals surface area contributed by atoms with Crippen molar-refractivity contribution in [3.8, 4) is 0 Å². The Morgan fingerprint density at radius 2 is 1.88 bits per heavy atom. The number of esters is 1. The summed E-state index contributed by atoms with van der Waals surface area (Å²) in [5.74, 6) is -0.222. The zero-order valence-corrected chi connectivity index (χ0v) is 12.2. The second-order valence-electron chi connectivity index (χ2n) is 4.49. The molecule has 1 N–H and O–H groups in total. The molecule has 1 aromatic rings. The molecular formula is C13H18BrNO2. The van der Waals surface area contributed by atoms with Gasteiger partial charge in [-0.15, -0.1) is 0 Å². The second-order valence-corrected chi connectivity index (χ2v) is 5.40. The maximum absolute atomic E-state index is 11.8. The van der Waals surface area contributed by atoms with Crippen LogP contribution in [-0.4, -0.2) is 20.1 Å². The van der Waals surface area contributed by atoms with E-state index in [0.717, 1.165) is 10.0 Å². The van der Waals surface area contributed by atoms with E-state index in [2.05, 4.69) is 21.2 Å². The van der Waals surface area contributed by atoms with Crippen molar-refractivity contribution in [2.75, 3.05) is 14.2 Å². The van der Waals surface area contributed by atoms with Crippen LogP contribution in [0.15, 0.2) is 28.7 Å². The van der Waals surface area contributed by atoms with E-state index in [1.165, 1.54) is 7.11 Å². The van der Waals surface area contributed by atoms with Crippen LogP contribution in [0.25, 0.3) is 0 Å². The molecule has 1 rings (SSSR count). The smallest absolute Gasteiger partial charge is 0.313 e. The van der Waals surface area contributed by atoms with Gasteiger partial charge in [0.25, 0.3) is 0 Å². The quantitative estimate of drug-likeness (QED) is 0.869. The largest absolute Gasteiger partial charge is 0.469 e. The SMILES string of the molecule is CNC(c1ccc(Br)cc1)C(C)(C)C(=O)OC. The lowest BCUT2D eigenvalue weighted by atomic mass is 9.80. The molecule has 0 saturated carbocycles. The maximum Gasteiger partial charge on any atom is 0.313 e. The van der Waals surface area contributed by atoms with Crippen molar-refractivity contribution in [1.29, 1.82) is 0 Å². The molecule has 0 aliphatic carbocycles. The molecule has 1 unspecified atom stereocenters. The highest BCUT2D eigenvalue weighted by molar-refractivity contribution is 9.10. The molecule has 0 aromatic heterocycles. The molecular weight excluding hydrogens is 282 g/mol. The van der Waals surface area contributed by atoms with Crippen molar-refractivity contribution in [2.24, 2.45) is 5.41 Å². The first kappa shape index (κ1) is 14.2. The summed E-state index contributed by atoms with van der Waals surface area (Å²) in [5.41, 5.74) is 0.447. The third kappa shape index (κ3) is 3.07. The van der Waals surface area contributed by atoms with Gasteiger partial charge in [0.05, 0.1) is 12.5 Å². The molecule has 3 nitrogen and oxygen atoms in total. The molecule has 4 heteroatoms. The van der Waals surface area contributed by atoms with Gasteiger partial charge in [-0.1, -0.05) is 28.1 Å². The lowest BCUT2D eigenvalue weighted by Crippen LogP contribution is -2.39. The standard InChI is InChI=1S/C13H18BrNO2/c1-13(2,12(16)17-4)11(15-3)9-5-7-10(14)8-6-9/h5-8,11,15H,1-4H3. The number of rotatable bonds is 4. The van der Waals surface area contributed by atoms with Crippen molar-refractivity contribution in [1.82, 2.24) is 5.32 Å². The molecule has 0 radical (unpaired) electrons. The van der Waals surface area contributed by atoms with E-state index in [1.807, 2.05) is 45.2 Å². The van der Waals surface area contributed by atoms with Gasteiger partial charge in [0.2, 0.25) is 0 Å². The van der Waals surface area contributed by atoms with Crippen molar-refractivity contribution in [3.63, 3.8) is 0 Å². The minimum atomic E-state index is -0.614. The van der Waals surface area contributed by atoms with Crippen LogP contribution in [0.2, 0.25) is 0 Å². The van der Waals surface area contributed by atoms with E-state index < -0.39 is 5.41 Å². The van der Waals surface area contributed by atoms with Crippen LogP contribution in [0.1, 0.15) is 25.5 Å². The van der Waals surface area contributed by atoms with Gasteiger partial charge >= 0.3 is 5.97 Å². The van der Waals surface area contributed by atoms with Crippen molar-refractivity contribution in [3.05, 3.63) is 34.3 Å². The Hall–Kier alpha value is -0.870. The van der Waals surface area contributed by atoms with E-state index >= 15 is 0 Å². The van der Waals surface area contributed by atoms with Crippen LogP contribution < -0.4 is 5.32 Å². The number of carbonyl (C=O) groups excluding carboxylic acids is 1. The summed E-state index contributed by atoms with van der Waals surface area (Å²) >= 11 is 3.40. The Kier molecular flexibility index (Phi) is 4.71. The lowest BCUT2D eigenvalue weighted by molar-refractivity contribution is -0.152. The molecule has 0 aliphatic heterocycles. The molecule has 0 bridgehead atoms. The highest BCUT2D eigenvalue weighted by Crippen LogP contribution is 2.34. The summed E-state index contributed by atoms with van der Waals surface area (Å²) < 4.78 is 5.88. The Morgan fingerprint density at radius 3 is 2.29 bits per heavy atom. The molecule has 1 aromatic carbocycles. The molecule has 0 amide bonds. The molecule has 94 valence electrons. The van der Waals surface area contributed by atoms with Crippen LogP contribution in [0.4, 0.5) is 0 Å². The fourth-order valence-electron chi connectivity index (χ4n) is 1.98. The zero-order chi connectivity index (χ0) is 13.1. The number of methoxy groups -OCH3 is 1. The van der Waals surface area contributed by atoms with Gasteiger partial charge in [-0.05, 0) is 38.6 Å². The van der Waals surface area contributed by atoms with Gasteiger partial charge in [0.15, 0.2) is 0 Å². The Morgan fingerprint density at radius 1 is 1.35 bits per heavy atom. The summed E-state index contributed by atoms with van der Waals surface area (Å²) in [7, 11) is 3.26. The van der Waals surface area contributed by atoms with Gasteiger partial charge in [-0.2, -0.15) is 0 Å². The Balaban J connectivity index is 3.06. The summed E-state index contributed by atoms with van der Waals surface area (Å²) in [6.07, 6.45) is 0. The Labute approximate surface area is 111 Å². The van der Waals surface area contributed by atoms with Gasteiger partial charge in [-0.25, -0.2) is 0 Å². The maximum atomic E-state index is 11.8. The van der Waals surface area contributed by atoms with Crippen LogP contribution in [0.5, 0.6) is 0 Å². The van der Waals surface area contributed by atoms with E-state index in [-0.39, 0.29) is 12.0 Å². The number of carbonyl (C=O) groups is 1. The van der Waals surface area contributed by atoms with Crippen LogP contribution in [0, 0.1) is 5.41 Å². The molecule has 0 saturated heterocycles. The summed E-state index contributed by atoms with van der Waals surface area (Å²) in [4.78, 5) is 11.8. The average Bonchev–Trinajstić information content (AvgIpc) is 2.31. The van der Waals surface area contributed by atoms with Gasteiger partial charge < -0.3 is 10.1 Å². The summed E-state index contributed by atoms with van der Waals surface area (Å²) in [6.45, 7) is 3.75. The molecule has 1 atom stereocenters. The number of benzene rings is 1. The first-order valence-corrected chi connectivity index (χ1v) is 6.24. The summed E-state index contributed by atoms with van der Waals surface area (Å²) in [6, 6.07) is 7.84. The van der Waals surface area contributed by atoms with Crippen molar-refractivity contribution in [2.45, 2.75) is 19.9 Å². The van der Waals surface area contributed by atoms with Crippen LogP contribution in [-0.2, 0) is 9.53 Å². The lowest BCUT2D eigenvalue weighted by Gasteiger charge is -2.31. The number of ether oxygens (including phenoxy) is 1. The zero-order valence-electron chi connectivity index (χ0n) is 10.6. The van der Waals surface area contributed by atoms with Crippen molar-refractivity contribution >= 4 is 21.9 Å². The highest BCUT2D eigenvalue weighted by atomic mass is 79.9. The fourth-order valence-corrected chi connectivity index (χ4v) is 2.24. The van der Waals surface area contributed by atoms with E-state index in [9.17, 15) is 4.79 Å². The molecule has 17 heavy (non-hydrogen) atoms. The molecule has 0 aliphatic rings. The van der Waals surface area contributed by atoms with Crippen LogP contribution >= 0.6 is 15.9 Å². The van der Waals surface area contributed by atoms with Crippen LogP contribution in [0.3, 0.4) is 0 Å². The third-order valence-electron chi connectivity index (χ3n) is 2.93. The number of hydrogen-bond acceptors (Lipinski definition) is 3. The van der Waals surface area contributed by atoms with Gasteiger partial charge in [0.1, 0.15) is 0 Å². The summed E-state index contributed by atoms with van der Waals surface area (Å²) in [5, 5.41) is 3.18. The van der Waals surface area contributed by atoms with E-state index in [1.54, 1.807) is 0 Å². The Bertz CT molecular complexity index is 387. The van der Waals surface area contributed by atoms with Crippen molar-refractivity contribution < 1.29 is 9.53 Å². The second kappa shape index (κ2) is 5.65. The minimum absolute atomic E-state index is 0.0805. The van der Waals surface area contributed by atoms with Gasteiger partial charge in [-0.3, -0.25) is 4.79 Å². The predicted molar refractivity (Wildman–Crippen MR) is 71.7 cm³/mol. The predicted octanol–water partition coefficient (Wildman–Crippen LogP) is 2.91. The monoisotopic (exact) mass is 299 g/mol. The number of hydrogen-bond donors (Lipinski definition) is 1. The minimum Gasteiger partial charge on any atom is -0.469 e. The molecule has 0 fully saturated rings. The number of halogens is 1. The topological polar surface area (TPSA) is 38.3 Å². The number of nitrogens with one attached hydrogen (secondary N) is 1. The third-order valence-corrected chi connectivity index (χ3v) is 3.45.